The Morgan fingerprint density at radius 3 is 2.48 bits per heavy atom. The highest BCUT2D eigenvalue weighted by Crippen LogP contribution is 2.29. The van der Waals surface area contributed by atoms with Gasteiger partial charge in [-0.15, -0.1) is 23.7 Å². The van der Waals surface area contributed by atoms with Crippen molar-refractivity contribution in [3.8, 4) is 11.3 Å². The van der Waals surface area contributed by atoms with Gasteiger partial charge in [-0.25, -0.2) is 4.98 Å². The van der Waals surface area contributed by atoms with Gasteiger partial charge in [-0.05, 0) is 23.9 Å². The summed E-state index contributed by atoms with van der Waals surface area (Å²) < 4.78 is 0. The number of hydrogen-bond acceptors (Lipinski definition) is 4. The van der Waals surface area contributed by atoms with Crippen molar-refractivity contribution < 1.29 is 0 Å². The van der Waals surface area contributed by atoms with Gasteiger partial charge in [0.25, 0.3) is 0 Å². The number of likely N-dealkylation sites (N-methyl/N-ethyl adjacent to an activating group) is 1. The van der Waals surface area contributed by atoms with Crippen molar-refractivity contribution in [3.63, 3.8) is 0 Å². The summed E-state index contributed by atoms with van der Waals surface area (Å²) in [7, 11) is 2.18. The number of hydrogen-bond donors (Lipinski definition) is 0. The molecule has 0 radical (unpaired) electrons. The molecule has 0 unspecified atom stereocenters. The fourth-order valence-corrected chi connectivity index (χ4v) is 3.78. The van der Waals surface area contributed by atoms with Crippen molar-refractivity contribution >= 4 is 39.6 Å². The van der Waals surface area contributed by atoms with E-state index in [1.807, 2.05) is 0 Å². The zero-order valence-corrected chi connectivity index (χ0v) is 14.7. The summed E-state index contributed by atoms with van der Waals surface area (Å²) in [5.41, 5.74) is 2.29. The van der Waals surface area contributed by atoms with E-state index >= 15 is 0 Å². The SMILES string of the molecule is CN1CCN(c2nc(-c3ccc4ccccc4c3)cs2)CC1.Cl. The average Bonchev–Trinajstić information content (AvgIpc) is 3.05. The molecule has 120 valence electrons. The maximum Gasteiger partial charge on any atom is 0.185 e. The molecule has 0 aliphatic carbocycles. The minimum absolute atomic E-state index is 0. The van der Waals surface area contributed by atoms with Crippen LogP contribution in [-0.2, 0) is 0 Å². The normalized spacial score (nSPS) is 15.6. The van der Waals surface area contributed by atoms with Crippen LogP contribution in [0.2, 0.25) is 0 Å². The molecule has 1 fully saturated rings. The van der Waals surface area contributed by atoms with E-state index in [0.29, 0.717) is 0 Å². The van der Waals surface area contributed by atoms with E-state index in [1.165, 1.54) is 16.3 Å². The number of benzene rings is 2. The van der Waals surface area contributed by atoms with Gasteiger partial charge in [0.2, 0.25) is 0 Å². The van der Waals surface area contributed by atoms with Crippen molar-refractivity contribution in [3.05, 3.63) is 47.8 Å². The Bertz CT molecular complexity index is 794. The van der Waals surface area contributed by atoms with Crippen LogP contribution in [0.25, 0.3) is 22.0 Å². The van der Waals surface area contributed by atoms with Gasteiger partial charge in [0, 0.05) is 37.1 Å². The van der Waals surface area contributed by atoms with Gasteiger partial charge < -0.3 is 9.80 Å². The van der Waals surface area contributed by atoms with Gasteiger partial charge in [-0.3, -0.25) is 0 Å². The Morgan fingerprint density at radius 2 is 1.70 bits per heavy atom. The number of fused-ring (bicyclic) bond motifs is 1. The largest absolute Gasteiger partial charge is 0.346 e. The molecule has 3 aromatic rings. The lowest BCUT2D eigenvalue weighted by molar-refractivity contribution is 0.313. The van der Waals surface area contributed by atoms with Crippen LogP contribution < -0.4 is 4.90 Å². The molecule has 1 aliphatic rings. The molecule has 1 aliphatic heterocycles. The van der Waals surface area contributed by atoms with Gasteiger partial charge in [-0.2, -0.15) is 0 Å². The molecule has 0 N–H and O–H groups in total. The van der Waals surface area contributed by atoms with E-state index in [9.17, 15) is 0 Å². The lowest BCUT2D eigenvalue weighted by atomic mass is 10.1. The number of halogens is 1. The number of rotatable bonds is 2. The summed E-state index contributed by atoms with van der Waals surface area (Å²) in [5, 5.41) is 5.88. The molecule has 2 aromatic carbocycles. The van der Waals surface area contributed by atoms with Gasteiger partial charge in [0.15, 0.2) is 5.13 Å². The predicted molar refractivity (Wildman–Crippen MR) is 102 cm³/mol. The van der Waals surface area contributed by atoms with Crippen LogP contribution in [0.4, 0.5) is 5.13 Å². The molecule has 0 amide bonds. The van der Waals surface area contributed by atoms with Gasteiger partial charge >= 0.3 is 0 Å². The molecule has 3 nitrogen and oxygen atoms in total. The van der Waals surface area contributed by atoms with Crippen molar-refractivity contribution in [2.45, 2.75) is 0 Å². The molecule has 0 saturated carbocycles. The van der Waals surface area contributed by atoms with Crippen molar-refractivity contribution in [2.24, 2.45) is 0 Å². The average molecular weight is 346 g/mol. The first-order chi connectivity index (χ1) is 10.8. The molecule has 1 saturated heterocycles. The van der Waals surface area contributed by atoms with Crippen LogP contribution in [0, 0.1) is 0 Å². The van der Waals surface area contributed by atoms with E-state index < -0.39 is 0 Å². The predicted octanol–water partition coefficient (Wildman–Crippen LogP) is 4.14. The van der Waals surface area contributed by atoms with Gasteiger partial charge in [0.05, 0.1) is 5.69 Å². The second-order valence-corrected chi connectivity index (χ2v) is 6.70. The third kappa shape index (κ3) is 3.34. The minimum atomic E-state index is 0. The molecule has 4 rings (SSSR count). The zero-order valence-electron chi connectivity index (χ0n) is 13.1. The number of anilines is 1. The molecule has 1 aromatic heterocycles. The van der Waals surface area contributed by atoms with Crippen LogP contribution in [0.1, 0.15) is 0 Å². The molecular formula is C18H20ClN3S. The quantitative estimate of drug-likeness (QED) is 0.696. The van der Waals surface area contributed by atoms with Crippen LogP contribution >= 0.6 is 23.7 Å². The summed E-state index contributed by atoms with van der Waals surface area (Å²) in [6.07, 6.45) is 0. The monoisotopic (exact) mass is 345 g/mol. The highest BCUT2D eigenvalue weighted by molar-refractivity contribution is 7.14. The van der Waals surface area contributed by atoms with Crippen molar-refractivity contribution in [1.82, 2.24) is 9.88 Å². The Balaban J connectivity index is 0.00000156. The third-order valence-corrected chi connectivity index (χ3v) is 5.21. The molecule has 2 heterocycles. The summed E-state index contributed by atoms with van der Waals surface area (Å²) in [6.45, 7) is 4.37. The lowest BCUT2D eigenvalue weighted by Gasteiger charge is -2.32. The topological polar surface area (TPSA) is 19.4 Å². The number of piperazine rings is 1. The second kappa shape index (κ2) is 6.87. The van der Waals surface area contributed by atoms with E-state index in [0.717, 1.165) is 37.0 Å². The maximum atomic E-state index is 4.86. The molecule has 23 heavy (non-hydrogen) atoms. The van der Waals surface area contributed by atoms with Crippen LogP contribution in [0.3, 0.4) is 0 Å². The number of nitrogens with zero attached hydrogens (tertiary/aromatic N) is 3. The molecule has 5 heteroatoms. The van der Waals surface area contributed by atoms with E-state index in [2.05, 4.69) is 64.7 Å². The fourth-order valence-electron chi connectivity index (χ4n) is 2.89. The van der Waals surface area contributed by atoms with Crippen molar-refractivity contribution in [2.75, 3.05) is 38.1 Å². The van der Waals surface area contributed by atoms with E-state index in [-0.39, 0.29) is 12.4 Å². The summed E-state index contributed by atoms with van der Waals surface area (Å²) >= 11 is 1.75. The molecular weight excluding hydrogens is 326 g/mol. The Labute approximate surface area is 147 Å². The van der Waals surface area contributed by atoms with Crippen LogP contribution in [0.5, 0.6) is 0 Å². The highest BCUT2D eigenvalue weighted by Gasteiger charge is 2.17. The Morgan fingerprint density at radius 1 is 0.957 bits per heavy atom. The lowest BCUT2D eigenvalue weighted by Crippen LogP contribution is -2.44. The fraction of sp³-hybridized carbons (Fsp3) is 0.278. The zero-order chi connectivity index (χ0) is 14.9. The van der Waals surface area contributed by atoms with Crippen LogP contribution in [0.15, 0.2) is 47.8 Å². The van der Waals surface area contributed by atoms with Crippen molar-refractivity contribution in [1.29, 1.82) is 0 Å². The molecule has 0 atom stereocenters. The smallest absolute Gasteiger partial charge is 0.185 e. The summed E-state index contributed by atoms with van der Waals surface area (Å²) in [5.74, 6) is 0. The highest BCUT2D eigenvalue weighted by atomic mass is 35.5. The summed E-state index contributed by atoms with van der Waals surface area (Å²) in [6, 6.07) is 15.1. The van der Waals surface area contributed by atoms with E-state index in [4.69, 9.17) is 4.98 Å². The first kappa shape index (κ1) is 16.2. The number of aromatic nitrogens is 1. The first-order valence-electron chi connectivity index (χ1n) is 7.68. The maximum absolute atomic E-state index is 4.86. The number of thiazole rings is 1. The van der Waals surface area contributed by atoms with Crippen LogP contribution in [-0.4, -0.2) is 43.1 Å². The second-order valence-electron chi connectivity index (χ2n) is 5.87. The minimum Gasteiger partial charge on any atom is -0.346 e. The Kier molecular flexibility index (Phi) is 4.85. The standard InChI is InChI=1S/C18H19N3S.ClH/c1-20-8-10-21(11-9-20)18-19-17(13-22-18)16-7-6-14-4-2-3-5-15(14)12-16;/h2-7,12-13H,8-11H2,1H3;1H. The summed E-state index contributed by atoms with van der Waals surface area (Å²) in [4.78, 5) is 9.63. The van der Waals surface area contributed by atoms with E-state index in [1.54, 1.807) is 11.3 Å². The van der Waals surface area contributed by atoms with Gasteiger partial charge in [0.1, 0.15) is 0 Å². The van der Waals surface area contributed by atoms with Gasteiger partial charge in [-0.1, -0.05) is 36.4 Å². The Hall–Kier alpha value is -1.62. The molecule has 0 bridgehead atoms. The molecule has 0 spiro atoms. The first-order valence-corrected chi connectivity index (χ1v) is 8.56. The third-order valence-electron chi connectivity index (χ3n) is 4.31.